The van der Waals surface area contributed by atoms with Gasteiger partial charge in [-0.05, 0) is 32.4 Å². The van der Waals surface area contributed by atoms with Gasteiger partial charge in [-0.2, -0.15) is 0 Å². The summed E-state index contributed by atoms with van der Waals surface area (Å²) in [6, 6.07) is 0. The lowest BCUT2D eigenvalue weighted by molar-refractivity contribution is 0.242. The molecular formula is C8H15NO. The maximum absolute atomic E-state index is 5.65. The third kappa shape index (κ3) is 0.867. The van der Waals surface area contributed by atoms with Crippen molar-refractivity contribution in [3.05, 3.63) is 0 Å². The van der Waals surface area contributed by atoms with Crippen molar-refractivity contribution in [1.29, 1.82) is 0 Å². The molecule has 2 aliphatic heterocycles. The van der Waals surface area contributed by atoms with E-state index in [-0.39, 0.29) is 0 Å². The number of hydrogen-bond donors (Lipinski definition) is 1. The van der Waals surface area contributed by atoms with Crippen LogP contribution >= 0.6 is 0 Å². The Morgan fingerprint density at radius 2 is 2.20 bits per heavy atom. The van der Waals surface area contributed by atoms with Gasteiger partial charge in [-0.1, -0.05) is 6.92 Å². The van der Waals surface area contributed by atoms with Crippen molar-refractivity contribution in [1.82, 2.24) is 5.32 Å². The number of rotatable bonds is 1. The molecule has 2 saturated heterocycles. The minimum Gasteiger partial charge on any atom is -0.366 e. The molecule has 0 saturated carbocycles. The summed E-state index contributed by atoms with van der Waals surface area (Å²) in [6.45, 7) is 4.51. The van der Waals surface area contributed by atoms with Crippen molar-refractivity contribution in [2.24, 2.45) is 0 Å². The normalized spacial score (nSPS) is 36.3. The van der Waals surface area contributed by atoms with Gasteiger partial charge in [-0.3, -0.25) is 0 Å². The van der Waals surface area contributed by atoms with Gasteiger partial charge in [0.15, 0.2) is 0 Å². The highest BCUT2D eigenvalue weighted by molar-refractivity contribution is 5.04. The fourth-order valence-corrected chi connectivity index (χ4v) is 1.99. The first-order chi connectivity index (χ1) is 4.87. The smallest absolute Gasteiger partial charge is 0.0972 e. The van der Waals surface area contributed by atoms with Crippen LogP contribution in [0.15, 0.2) is 0 Å². The van der Waals surface area contributed by atoms with Crippen molar-refractivity contribution in [2.75, 3.05) is 13.1 Å². The summed E-state index contributed by atoms with van der Waals surface area (Å²) in [5, 5.41) is 3.34. The second-order valence-corrected chi connectivity index (χ2v) is 3.33. The summed E-state index contributed by atoms with van der Waals surface area (Å²) >= 11 is 0. The van der Waals surface area contributed by atoms with Crippen LogP contribution in [-0.2, 0) is 4.74 Å². The van der Waals surface area contributed by atoms with Crippen molar-refractivity contribution in [3.8, 4) is 0 Å². The van der Waals surface area contributed by atoms with Crippen LogP contribution in [0.4, 0.5) is 0 Å². The van der Waals surface area contributed by atoms with E-state index in [9.17, 15) is 0 Å². The van der Waals surface area contributed by atoms with E-state index < -0.39 is 0 Å². The highest BCUT2D eigenvalue weighted by atomic mass is 16.6. The summed E-state index contributed by atoms with van der Waals surface area (Å²) in [5.41, 5.74) is 0.333. The van der Waals surface area contributed by atoms with Gasteiger partial charge >= 0.3 is 0 Å². The first-order valence-corrected chi connectivity index (χ1v) is 4.26. The fourth-order valence-electron chi connectivity index (χ4n) is 1.99. The third-order valence-corrected chi connectivity index (χ3v) is 2.73. The van der Waals surface area contributed by atoms with Crippen molar-refractivity contribution in [2.45, 2.75) is 37.9 Å². The van der Waals surface area contributed by atoms with Crippen LogP contribution < -0.4 is 5.32 Å². The van der Waals surface area contributed by atoms with Crippen LogP contribution in [-0.4, -0.2) is 24.8 Å². The molecule has 2 heteroatoms. The minimum absolute atomic E-state index is 0.333. The van der Waals surface area contributed by atoms with Gasteiger partial charge in [0.05, 0.1) is 11.7 Å². The van der Waals surface area contributed by atoms with E-state index in [1.54, 1.807) is 0 Å². The second-order valence-electron chi connectivity index (χ2n) is 3.33. The number of piperidine rings is 1. The van der Waals surface area contributed by atoms with E-state index in [1.165, 1.54) is 19.3 Å². The van der Waals surface area contributed by atoms with Crippen LogP contribution in [0.1, 0.15) is 26.2 Å². The Kier molecular flexibility index (Phi) is 1.46. The molecule has 58 valence electrons. The lowest BCUT2D eigenvalue weighted by Gasteiger charge is -2.19. The standard InChI is InChI=1S/C8H15NO/c1-2-7-8(10-7)3-5-9-6-4-8/h7,9H,2-6H2,1H3. The van der Waals surface area contributed by atoms with Crippen LogP contribution in [0.3, 0.4) is 0 Å². The Morgan fingerprint density at radius 3 is 2.70 bits per heavy atom. The molecule has 0 aromatic rings. The molecule has 2 aliphatic rings. The van der Waals surface area contributed by atoms with Gasteiger partial charge in [-0.25, -0.2) is 0 Å². The summed E-state index contributed by atoms with van der Waals surface area (Å²) in [6.07, 6.45) is 4.24. The molecule has 0 amide bonds. The molecule has 2 fully saturated rings. The molecule has 0 aromatic carbocycles. The molecular weight excluding hydrogens is 126 g/mol. The largest absolute Gasteiger partial charge is 0.366 e. The van der Waals surface area contributed by atoms with E-state index in [4.69, 9.17) is 4.74 Å². The van der Waals surface area contributed by atoms with Gasteiger partial charge in [0.2, 0.25) is 0 Å². The Balaban J connectivity index is 1.92. The zero-order valence-corrected chi connectivity index (χ0v) is 6.52. The highest BCUT2D eigenvalue weighted by Gasteiger charge is 2.54. The molecule has 1 N–H and O–H groups in total. The molecule has 0 aromatic heterocycles. The van der Waals surface area contributed by atoms with Gasteiger partial charge in [0, 0.05) is 0 Å². The van der Waals surface area contributed by atoms with E-state index in [2.05, 4.69) is 12.2 Å². The number of ether oxygens (including phenoxy) is 1. The zero-order valence-electron chi connectivity index (χ0n) is 6.52. The van der Waals surface area contributed by atoms with Crippen molar-refractivity contribution < 1.29 is 4.74 Å². The van der Waals surface area contributed by atoms with E-state index in [1.807, 2.05) is 0 Å². The van der Waals surface area contributed by atoms with E-state index in [0.717, 1.165) is 13.1 Å². The quantitative estimate of drug-likeness (QED) is 0.549. The molecule has 2 heterocycles. The summed E-state index contributed by atoms with van der Waals surface area (Å²) in [7, 11) is 0. The second kappa shape index (κ2) is 2.21. The first kappa shape index (κ1) is 6.62. The van der Waals surface area contributed by atoms with E-state index >= 15 is 0 Å². The number of hydrogen-bond acceptors (Lipinski definition) is 2. The lowest BCUT2D eigenvalue weighted by Crippen LogP contribution is -2.34. The van der Waals surface area contributed by atoms with Gasteiger partial charge < -0.3 is 10.1 Å². The predicted molar refractivity (Wildman–Crippen MR) is 40.0 cm³/mol. The van der Waals surface area contributed by atoms with Crippen molar-refractivity contribution in [3.63, 3.8) is 0 Å². The molecule has 2 rings (SSSR count). The first-order valence-electron chi connectivity index (χ1n) is 4.26. The Morgan fingerprint density at radius 1 is 1.50 bits per heavy atom. The van der Waals surface area contributed by atoms with E-state index in [0.29, 0.717) is 11.7 Å². The Hall–Kier alpha value is -0.0800. The molecule has 0 aliphatic carbocycles. The van der Waals surface area contributed by atoms with Crippen LogP contribution in [0.5, 0.6) is 0 Å². The van der Waals surface area contributed by atoms with Gasteiger partial charge in [0.25, 0.3) is 0 Å². The predicted octanol–water partition coefficient (Wildman–Crippen LogP) is 0.917. The minimum atomic E-state index is 0.333. The third-order valence-electron chi connectivity index (χ3n) is 2.73. The maximum Gasteiger partial charge on any atom is 0.0972 e. The molecule has 1 unspecified atom stereocenters. The SMILES string of the molecule is CCC1OC12CCNCC2. The number of nitrogens with one attached hydrogen (secondary N) is 1. The fraction of sp³-hybridized carbons (Fsp3) is 1.00. The maximum atomic E-state index is 5.65. The van der Waals surface area contributed by atoms with Gasteiger partial charge in [0.1, 0.15) is 0 Å². The van der Waals surface area contributed by atoms with Crippen LogP contribution in [0.25, 0.3) is 0 Å². The molecule has 0 radical (unpaired) electrons. The summed E-state index contributed by atoms with van der Waals surface area (Å²) in [5.74, 6) is 0. The highest BCUT2D eigenvalue weighted by Crippen LogP contribution is 2.45. The van der Waals surface area contributed by atoms with Crippen LogP contribution in [0, 0.1) is 0 Å². The molecule has 1 spiro atoms. The topological polar surface area (TPSA) is 24.6 Å². The molecule has 0 bridgehead atoms. The summed E-state index contributed by atoms with van der Waals surface area (Å²) < 4.78 is 5.65. The summed E-state index contributed by atoms with van der Waals surface area (Å²) in [4.78, 5) is 0. The average Bonchev–Trinajstić information content (AvgIpc) is 2.65. The average molecular weight is 141 g/mol. The molecule has 2 nitrogen and oxygen atoms in total. The van der Waals surface area contributed by atoms with Crippen molar-refractivity contribution >= 4 is 0 Å². The Labute approximate surface area is 61.9 Å². The Bertz CT molecular complexity index is 129. The molecule has 10 heavy (non-hydrogen) atoms. The van der Waals surface area contributed by atoms with Gasteiger partial charge in [-0.15, -0.1) is 0 Å². The monoisotopic (exact) mass is 141 g/mol. The molecule has 1 atom stereocenters. The van der Waals surface area contributed by atoms with Crippen LogP contribution in [0.2, 0.25) is 0 Å². The zero-order chi connectivity index (χ0) is 7.03. The lowest BCUT2D eigenvalue weighted by atomic mass is 9.93. The number of epoxide rings is 1.